The summed E-state index contributed by atoms with van der Waals surface area (Å²) >= 11 is 0. The lowest BCUT2D eigenvalue weighted by molar-refractivity contribution is 0.0938. The third-order valence-corrected chi connectivity index (χ3v) is 3.32. The molecule has 1 rings (SSSR count). The van der Waals surface area contributed by atoms with Crippen LogP contribution in [0, 0.1) is 11.8 Å². The zero-order valence-electron chi connectivity index (χ0n) is 9.13. The van der Waals surface area contributed by atoms with Crippen molar-refractivity contribution in [3.05, 3.63) is 0 Å². The molecule has 1 aliphatic carbocycles. The van der Waals surface area contributed by atoms with Gasteiger partial charge in [-0.25, -0.2) is 0 Å². The van der Waals surface area contributed by atoms with Crippen LogP contribution in [0.5, 0.6) is 0 Å². The standard InChI is InChI=1S/C12H24O/c1-10(2)12(13)9-11-7-5-3-4-6-8-11/h10-13H,3-9H2,1-2H3. The SMILES string of the molecule is CC(C)C(O)CC1CCCCCC1. The van der Waals surface area contributed by atoms with Crippen LogP contribution in [-0.2, 0) is 0 Å². The molecule has 1 fully saturated rings. The van der Waals surface area contributed by atoms with Gasteiger partial charge in [0, 0.05) is 0 Å². The summed E-state index contributed by atoms with van der Waals surface area (Å²) in [7, 11) is 0. The van der Waals surface area contributed by atoms with E-state index in [4.69, 9.17) is 0 Å². The summed E-state index contributed by atoms with van der Waals surface area (Å²) in [6.07, 6.45) is 9.27. The lowest BCUT2D eigenvalue weighted by Crippen LogP contribution is -2.19. The molecule has 78 valence electrons. The average molecular weight is 184 g/mol. The highest BCUT2D eigenvalue weighted by Gasteiger charge is 2.18. The molecule has 0 heterocycles. The fourth-order valence-electron chi connectivity index (χ4n) is 2.21. The van der Waals surface area contributed by atoms with Crippen LogP contribution in [0.4, 0.5) is 0 Å². The van der Waals surface area contributed by atoms with E-state index in [-0.39, 0.29) is 6.10 Å². The maximum absolute atomic E-state index is 9.77. The van der Waals surface area contributed by atoms with Gasteiger partial charge in [-0.1, -0.05) is 52.4 Å². The second kappa shape index (κ2) is 5.64. The molecule has 0 aromatic heterocycles. The highest BCUT2D eigenvalue weighted by Crippen LogP contribution is 2.27. The summed E-state index contributed by atoms with van der Waals surface area (Å²) < 4.78 is 0. The van der Waals surface area contributed by atoms with E-state index in [1.54, 1.807) is 0 Å². The molecule has 0 radical (unpaired) electrons. The summed E-state index contributed by atoms with van der Waals surface area (Å²) in [5.74, 6) is 1.24. The minimum Gasteiger partial charge on any atom is -0.393 e. The Kier molecular flexibility index (Phi) is 4.79. The van der Waals surface area contributed by atoms with Crippen molar-refractivity contribution >= 4 is 0 Å². The fourth-order valence-corrected chi connectivity index (χ4v) is 2.21. The van der Waals surface area contributed by atoms with Crippen molar-refractivity contribution in [2.45, 2.75) is 64.9 Å². The Labute approximate surface area is 82.5 Å². The summed E-state index contributed by atoms with van der Waals surface area (Å²) in [5, 5.41) is 9.77. The van der Waals surface area contributed by atoms with Gasteiger partial charge in [-0.2, -0.15) is 0 Å². The van der Waals surface area contributed by atoms with E-state index in [2.05, 4.69) is 13.8 Å². The number of hydrogen-bond acceptors (Lipinski definition) is 1. The minimum atomic E-state index is -0.0666. The molecule has 1 unspecified atom stereocenters. The first-order valence-corrected chi connectivity index (χ1v) is 5.88. The highest BCUT2D eigenvalue weighted by atomic mass is 16.3. The van der Waals surface area contributed by atoms with Crippen LogP contribution in [0.15, 0.2) is 0 Å². The Morgan fingerprint density at radius 1 is 1.08 bits per heavy atom. The first-order valence-electron chi connectivity index (χ1n) is 5.88. The van der Waals surface area contributed by atoms with Crippen molar-refractivity contribution in [1.29, 1.82) is 0 Å². The van der Waals surface area contributed by atoms with Crippen LogP contribution in [0.2, 0.25) is 0 Å². The summed E-state index contributed by atoms with van der Waals surface area (Å²) in [6, 6.07) is 0. The molecule has 1 nitrogen and oxygen atoms in total. The lowest BCUT2D eigenvalue weighted by atomic mass is 9.90. The normalized spacial score (nSPS) is 23.1. The van der Waals surface area contributed by atoms with E-state index >= 15 is 0 Å². The largest absolute Gasteiger partial charge is 0.393 e. The topological polar surface area (TPSA) is 20.2 Å². The Morgan fingerprint density at radius 3 is 2.08 bits per heavy atom. The molecular weight excluding hydrogens is 160 g/mol. The summed E-state index contributed by atoms with van der Waals surface area (Å²) in [6.45, 7) is 4.22. The fraction of sp³-hybridized carbons (Fsp3) is 1.00. The van der Waals surface area contributed by atoms with Gasteiger partial charge in [0.05, 0.1) is 6.10 Å². The highest BCUT2D eigenvalue weighted by molar-refractivity contribution is 4.70. The molecule has 0 saturated heterocycles. The van der Waals surface area contributed by atoms with Crippen molar-refractivity contribution in [3.8, 4) is 0 Å². The second-order valence-corrected chi connectivity index (χ2v) is 4.90. The van der Waals surface area contributed by atoms with Crippen molar-refractivity contribution in [3.63, 3.8) is 0 Å². The monoisotopic (exact) mass is 184 g/mol. The van der Waals surface area contributed by atoms with Crippen LogP contribution in [-0.4, -0.2) is 11.2 Å². The molecule has 0 spiro atoms. The predicted molar refractivity (Wildman–Crippen MR) is 56.7 cm³/mol. The number of aliphatic hydroxyl groups is 1. The van der Waals surface area contributed by atoms with Gasteiger partial charge in [0.1, 0.15) is 0 Å². The number of hydrogen-bond donors (Lipinski definition) is 1. The molecule has 0 aliphatic heterocycles. The maximum atomic E-state index is 9.77. The van der Waals surface area contributed by atoms with Crippen molar-refractivity contribution in [1.82, 2.24) is 0 Å². The molecule has 1 heteroatoms. The van der Waals surface area contributed by atoms with Crippen molar-refractivity contribution < 1.29 is 5.11 Å². The van der Waals surface area contributed by atoms with Gasteiger partial charge in [-0.05, 0) is 18.3 Å². The van der Waals surface area contributed by atoms with Crippen LogP contribution in [0.3, 0.4) is 0 Å². The lowest BCUT2D eigenvalue weighted by Gasteiger charge is -2.20. The Balaban J connectivity index is 2.25. The van der Waals surface area contributed by atoms with Crippen molar-refractivity contribution in [2.75, 3.05) is 0 Å². The van der Waals surface area contributed by atoms with Crippen molar-refractivity contribution in [2.24, 2.45) is 11.8 Å². The number of rotatable bonds is 3. The first kappa shape index (κ1) is 11.0. The minimum absolute atomic E-state index is 0.0666. The van der Waals surface area contributed by atoms with E-state index in [1.807, 2.05) is 0 Å². The van der Waals surface area contributed by atoms with Gasteiger partial charge in [0.25, 0.3) is 0 Å². The zero-order valence-corrected chi connectivity index (χ0v) is 9.13. The van der Waals surface area contributed by atoms with Crippen LogP contribution in [0.25, 0.3) is 0 Å². The van der Waals surface area contributed by atoms with Gasteiger partial charge in [-0.3, -0.25) is 0 Å². The smallest absolute Gasteiger partial charge is 0.0565 e. The molecular formula is C12H24O. The van der Waals surface area contributed by atoms with E-state index in [1.165, 1.54) is 38.5 Å². The summed E-state index contributed by atoms with van der Waals surface area (Å²) in [5.41, 5.74) is 0. The molecule has 1 N–H and O–H groups in total. The molecule has 1 atom stereocenters. The van der Waals surface area contributed by atoms with Crippen LogP contribution >= 0.6 is 0 Å². The molecule has 1 saturated carbocycles. The third-order valence-electron chi connectivity index (χ3n) is 3.32. The quantitative estimate of drug-likeness (QED) is 0.667. The Morgan fingerprint density at radius 2 is 1.62 bits per heavy atom. The van der Waals surface area contributed by atoms with E-state index in [0.29, 0.717) is 5.92 Å². The molecule has 0 bridgehead atoms. The Hall–Kier alpha value is -0.0400. The number of aliphatic hydroxyl groups excluding tert-OH is 1. The summed E-state index contributed by atoms with van der Waals surface area (Å²) in [4.78, 5) is 0. The Bertz CT molecular complexity index is 123. The van der Waals surface area contributed by atoms with E-state index in [0.717, 1.165) is 12.3 Å². The van der Waals surface area contributed by atoms with Crippen LogP contribution < -0.4 is 0 Å². The van der Waals surface area contributed by atoms with Gasteiger partial charge >= 0.3 is 0 Å². The van der Waals surface area contributed by atoms with Gasteiger partial charge in [-0.15, -0.1) is 0 Å². The van der Waals surface area contributed by atoms with Gasteiger partial charge in [0.2, 0.25) is 0 Å². The van der Waals surface area contributed by atoms with E-state index < -0.39 is 0 Å². The van der Waals surface area contributed by atoms with Gasteiger partial charge in [0.15, 0.2) is 0 Å². The predicted octanol–water partition coefficient (Wildman–Crippen LogP) is 3.36. The van der Waals surface area contributed by atoms with Crippen LogP contribution in [0.1, 0.15) is 58.8 Å². The van der Waals surface area contributed by atoms with E-state index in [9.17, 15) is 5.11 Å². The molecule has 13 heavy (non-hydrogen) atoms. The van der Waals surface area contributed by atoms with Gasteiger partial charge < -0.3 is 5.11 Å². The average Bonchev–Trinajstić information content (AvgIpc) is 2.32. The molecule has 0 aromatic rings. The first-order chi connectivity index (χ1) is 6.20. The third kappa shape index (κ3) is 4.12. The molecule has 0 amide bonds. The maximum Gasteiger partial charge on any atom is 0.0565 e. The second-order valence-electron chi connectivity index (χ2n) is 4.90. The molecule has 0 aromatic carbocycles. The zero-order chi connectivity index (χ0) is 9.68. The molecule has 1 aliphatic rings.